The van der Waals surface area contributed by atoms with Gasteiger partial charge in [-0.3, -0.25) is 0 Å². The zero-order chi connectivity index (χ0) is 86.5. The molecule has 0 heteroatoms. The van der Waals surface area contributed by atoms with Crippen LogP contribution in [0.25, 0.3) is 32.3 Å². The van der Waals surface area contributed by atoms with Gasteiger partial charge < -0.3 is 0 Å². The number of aryl methyl sites for hydroxylation is 20. The van der Waals surface area contributed by atoms with Gasteiger partial charge in [-0.2, -0.15) is 0 Å². The van der Waals surface area contributed by atoms with E-state index in [1.807, 2.05) is 0 Å². The van der Waals surface area contributed by atoms with Gasteiger partial charge in [-0.15, -0.1) is 0 Å². The van der Waals surface area contributed by atoms with E-state index in [0.29, 0.717) is 0 Å². The van der Waals surface area contributed by atoms with Crippen LogP contribution in [0.4, 0.5) is 0 Å². The Morgan fingerprint density at radius 2 is 0.487 bits per heavy atom. The monoisotopic (exact) mass is 1560 g/mol. The van der Waals surface area contributed by atoms with Crippen molar-refractivity contribution in [3.8, 4) is 0 Å². The highest BCUT2D eigenvalue weighted by Gasteiger charge is 2.23. The molecule has 117 heavy (non-hydrogen) atoms. The number of rotatable bonds is 3. The highest BCUT2D eigenvalue weighted by atomic mass is 14.3. The van der Waals surface area contributed by atoms with Crippen LogP contribution >= 0.6 is 0 Å². The summed E-state index contributed by atoms with van der Waals surface area (Å²) >= 11 is 0. The normalized spacial score (nSPS) is 13.6. The van der Waals surface area contributed by atoms with Gasteiger partial charge in [0.1, 0.15) is 0 Å². The molecule has 0 atom stereocenters. The first-order valence-corrected chi connectivity index (χ1v) is 44.9. The second-order valence-corrected chi connectivity index (χ2v) is 38.1. The second kappa shape index (κ2) is 43.9. The van der Waals surface area contributed by atoms with Crippen molar-refractivity contribution in [2.75, 3.05) is 0 Å². The van der Waals surface area contributed by atoms with E-state index < -0.39 is 0 Å². The first kappa shape index (κ1) is 95.6. The van der Waals surface area contributed by atoms with E-state index in [1.165, 1.54) is 278 Å². The first-order valence-electron chi connectivity index (χ1n) is 44.9. The highest BCUT2D eigenvalue weighted by molar-refractivity contribution is 5.91. The van der Waals surface area contributed by atoms with Crippen molar-refractivity contribution in [1.82, 2.24) is 0 Å². The predicted molar refractivity (Wildman–Crippen MR) is 524 cm³/mol. The molecular weight excluding hydrogens is 1410 g/mol. The topological polar surface area (TPSA) is 0 Å². The summed E-state index contributed by atoms with van der Waals surface area (Å²) < 4.78 is 0. The Balaban J connectivity index is 0.000000183. The molecule has 0 bridgehead atoms. The van der Waals surface area contributed by atoms with E-state index in [9.17, 15) is 0 Å². The number of benzene rings is 12. The zero-order valence-electron chi connectivity index (χ0n) is 79.9. The lowest BCUT2D eigenvalue weighted by Gasteiger charge is -2.24. The molecule has 0 saturated heterocycles. The Morgan fingerprint density at radius 3 is 0.855 bits per heavy atom. The third-order valence-electron chi connectivity index (χ3n) is 27.1. The van der Waals surface area contributed by atoms with Crippen molar-refractivity contribution in [2.45, 2.75) is 340 Å². The molecule has 0 spiro atoms. The summed E-state index contributed by atoms with van der Waals surface area (Å²) in [5.41, 5.74) is 45.0. The maximum atomic E-state index is 2.45. The molecule has 12 aromatic carbocycles. The molecule has 3 aliphatic rings. The van der Waals surface area contributed by atoms with Gasteiger partial charge in [-0.25, -0.2) is 0 Å². The fourth-order valence-electron chi connectivity index (χ4n) is 17.5. The molecule has 0 radical (unpaired) electrons. The van der Waals surface area contributed by atoms with E-state index in [1.54, 1.807) is 16.7 Å². The van der Waals surface area contributed by atoms with Gasteiger partial charge >= 0.3 is 0 Å². The minimum absolute atomic E-state index is 0.206. The fourth-order valence-corrected chi connectivity index (χ4v) is 17.5. The smallest absolute Gasteiger partial charge is 0.0126 e. The van der Waals surface area contributed by atoms with Crippen LogP contribution in [-0.4, -0.2) is 0 Å². The molecule has 3 saturated carbocycles. The van der Waals surface area contributed by atoms with E-state index in [0.717, 1.165) is 17.8 Å². The van der Waals surface area contributed by atoms with E-state index in [4.69, 9.17) is 0 Å². The molecule has 3 aliphatic carbocycles. The van der Waals surface area contributed by atoms with Crippen LogP contribution in [0, 0.1) is 180 Å². The molecule has 3 fully saturated rings. The second-order valence-electron chi connectivity index (χ2n) is 38.1. The minimum atomic E-state index is 0.206. The van der Waals surface area contributed by atoms with Gasteiger partial charge in [0.15, 0.2) is 0 Å². The maximum Gasteiger partial charge on any atom is -0.0126 e. The van der Waals surface area contributed by atoms with E-state index >= 15 is 0 Å². The minimum Gasteiger partial charge on any atom is -0.0620 e. The van der Waals surface area contributed by atoms with Crippen molar-refractivity contribution in [3.63, 3.8) is 0 Å². The van der Waals surface area contributed by atoms with Crippen LogP contribution < -0.4 is 0 Å². The summed E-state index contributed by atoms with van der Waals surface area (Å²) in [6.07, 6.45) is 19.8. The molecular formula is C117H156. The molecule has 0 nitrogen and oxygen atoms in total. The number of fused-ring (bicyclic) bond motifs is 3. The summed E-state index contributed by atoms with van der Waals surface area (Å²) in [5, 5.41) is 8.48. The van der Waals surface area contributed by atoms with Gasteiger partial charge in [-0.05, 0) is 441 Å². The average Bonchev–Trinajstić information content (AvgIpc) is 1.03. The molecule has 0 amide bonds. The van der Waals surface area contributed by atoms with Crippen LogP contribution in [0.15, 0.2) is 176 Å². The molecule has 0 aliphatic heterocycles. The van der Waals surface area contributed by atoms with Gasteiger partial charge in [-0.1, -0.05) is 280 Å². The summed E-state index contributed by atoms with van der Waals surface area (Å²) in [4.78, 5) is 0. The Hall–Kier alpha value is -8.58. The third kappa shape index (κ3) is 27.0. The van der Waals surface area contributed by atoms with Crippen molar-refractivity contribution in [1.29, 1.82) is 0 Å². The molecule has 0 unspecified atom stereocenters. The summed E-state index contributed by atoms with van der Waals surface area (Å²) in [7, 11) is 0. The predicted octanol–water partition coefficient (Wildman–Crippen LogP) is 35.0. The standard InChI is InChI=1S/C18H22.C16H20.C15H22.C14H20.C13H14.C13H20.2C10H14.C8H10/c1-13-12-18(15-8-4-3-5-9-15)17-11-7-6-10-16(17)14(13)2;1-11-10-15(16(3,4)5)14-9-7-6-8-13(14)12(11)2;1-11-9-15(10-12(2)13(11)3)14-7-5-4-6-8-14;1-10-8-14(9-11(2)12(10)3)13-6-4-5-7-13;1-9-8-12-6-4-5-7-13(12)11(3)10(9)2;1-9-7-12(13(4,5)6)8-10(2)11(9)3;2*1-7-5-8(2)10(4)9(3)6-7;1-7-5-3-4-6-8(7)2/h6-7,10-12,15H,3-5,8-9H2,1-2H3;6-10H,1-5H3;9-10,14H,4-8H2,1-3H3;8-9,13H,4-7H2,1-3H3;4-8H,1-3H3;7-8H,1-6H3;2*5-6H,1-4H3;3-6H,1-2H3. The van der Waals surface area contributed by atoms with Crippen LogP contribution in [0.5, 0.6) is 0 Å². The van der Waals surface area contributed by atoms with Crippen molar-refractivity contribution in [3.05, 3.63) is 348 Å². The van der Waals surface area contributed by atoms with Crippen LogP contribution in [-0.2, 0) is 10.8 Å². The highest BCUT2D eigenvalue weighted by Crippen LogP contribution is 2.41. The van der Waals surface area contributed by atoms with Crippen LogP contribution in [0.2, 0.25) is 0 Å². The zero-order valence-corrected chi connectivity index (χ0v) is 79.9. The summed E-state index contributed by atoms with van der Waals surface area (Å²) in [5.74, 6) is 2.49. The molecule has 624 valence electrons. The third-order valence-corrected chi connectivity index (χ3v) is 27.1. The lowest BCUT2D eigenvalue weighted by atomic mass is 9.80. The van der Waals surface area contributed by atoms with E-state index in [-0.39, 0.29) is 10.8 Å². The van der Waals surface area contributed by atoms with Crippen molar-refractivity contribution < 1.29 is 0 Å². The number of hydrogen-bond acceptors (Lipinski definition) is 0. The maximum absolute atomic E-state index is 2.45. The fraction of sp³-hybridized carbons (Fsp3) is 0.436. The summed E-state index contributed by atoms with van der Waals surface area (Å²) in [6.45, 7) is 70.6. The lowest BCUT2D eigenvalue weighted by molar-refractivity contribution is 0.443. The van der Waals surface area contributed by atoms with Gasteiger partial charge in [0.2, 0.25) is 0 Å². The summed E-state index contributed by atoms with van der Waals surface area (Å²) in [6, 6.07) is 64.8. The molecule has 0 N–H and O–H groups in total. The Kier molecular flexibility index (Phi) is 35.9. The Labute approximate surface area is 716 Å². The average molecular weight is 1560 g/mol. The lowest BCUT2D eigenvalue weighted by Crippen LogP contribution is -2.12. The Bertz CT molecular complexity index is 5060. The molecule has 15 rings (SSSR count). The molecule has 12 aromatic rings. The molecule has 0 heterocycles. The first-order chi connectivity index (χ1) is 55.1. The van der Waals surface area contributed by atoms with Crippen molar-refractivity contribution in [2.24, 2.45) is 0 Å². The van der Waals surface area contributed by atoms with Crippen molar-refractivity contribution >= 4 is 32.3 Å². The van der Waals surface area contributed by atoms with Crippen LogP contribution in [0.1, 0.15) is 322 Å². The Morgan fingerprint density at radius 1 is 0.205 bits per heavy atom. The van der Waals surface area contributed by atoms with Crippen LogP contribution in [0.3, 0.4) is 0 Å². The molecule has 0 aromatic heterocycles. The SMILES string of the molecule is Cc1cc(C(C)(C)C)c2ccccc2c1C.Cc1cc(C(C)(C)C)cc(C)c1C.Cc1cc(C)c(C)c(C)c1.Cc1cc(C)c(C)c(C)c1.Cc1cc(C2CCCC2)cc(C)c1C.Cc1cc(C2CCCCC2)c2ccccc2c1C.Cc1cc(C2CCCCC2)cc(C)c1C.Cc1cc2ccccc2c(C)c1C.Cc1ccccc1C. The number of hydrogen-bond donors (Lipinski definition) is 0. The quantitative estimate of drug-likeness (QED) is 0.165. The van der Waals surface area contributed by atoms with E-state index in [2.05, 4.69) is 397 Å². The largest absolute Gasteiger partial charge is 0.0620 e. The van der Waals surface area contributed by atoms with Gasteiger partial charge in [0, 0.05) is 0 Å². The van der Waals surface area contributed by atoms with Gasteiger partial charge in [0.25, 0.3) is 0 Å². The van der Waals surface area contributed by atoms with Gasteiger partial charge in [0.05, 0.1) is 0 Å².